The van der Waals surface area contributed by atoms with Crippen LogP contribution in [0.25, 0.3) is 11.7 Å². The van der Waals surface area contributed by atoms with Crippen LogP contribution >= 0.6 is 24.0 Å². The summed E-state index contributed by atoms with van der Waals surface area (Å²) in [5.41, 5.74) is 1.73. The van der Waals surface area contributed by atoms with Gasteiger partial charge in [0, 0.05) is 38.7 Å². The van der Waals surface area contributed by atoms with Crippen LogP contribution < -0.4 is 10.5 Å². The van der Waals surface area contributed by atoms with Crippen molar-refractivity contribution in [3.8, 4) is 0 Å². The first-order valence-corrected chi connectivity index (χ1v) is 12.9. The van der Waals surface area contributed by atoms with Crippen molar-refractivity contribution in [1.29, 1.82) is 0 Å². The summed E-state index contributed by atoms with van der Waals surface area (Å²) in [6, 6.07) is 3.77. The van der Waals surface area contributed by atoms with Crippen LogP contribution in [0.15, 0.2) is 28.0 Å². The fraction of sp³-hybridized carbons (Fsp3) is 0.500. The first-order chi connectivity index (χ1) is 16.4. The summed E-state index contributed by atoms with van der Waals surface area (Å²) in [6.45, 7) is 7.12. The number of fused-ring (bicyclic) bond motifs is 1. The molecule has 0 unspecified atom stereocenters. The zero-order chi connectivity index (χ0) is 23.9. The topological polar surface area (TPSA) is 76.4 Å². The third kappa shape index (κ3) is 4.17. The minimum atomic E-state index is -0.528. The molecular weight excluding hydrogens is 472 g/mol. The maximum atomic E-state index is 13.7. The van der Waals surface area contributed by atoms with Gasteiger partial charge in [0.25, 0.3) is 11.5 Å². The van der Waals surface area contributed by atoms with Crippen LogP contribution in [-0.2, 0) is 14.3 Å². The molecule has 180 valence electrons. The van der Waals surface area contributed by atoms with Crippen molar-refractivity contribution in [2.24, 2.45) is 0 Å². The number of hydrogen-bond acceptors (Lipinski definition) is 8. The molecule has 3 aliphatic rings. The molecule has 0 N–H and O–H groups in total. The summed E-state index contributed by atoms with van der Waals surface area (Å²) >= 11 is 6.71. The summed E-state index contributed by atoms with van der Waals surface area (Å²) in [6.07, 6.45) is 6.64. The first kappa shape index (κ1) is 23.5. The molecule has 2 aromatic rings. The minimum absolute atomic E-state index is 0.145. The number of anilines is 1. The van der Waals surface area contributed by atoms with E-state index in [0.29, 0.717) is 71.9 Å². The fourth-order valence-electron chi connectivity index (χ4n) is 4.65. The Hall–Kier alpha value is -2.27. The van der Waals surface area contributed by atoms with Crippen molar-refractivity contribution in [3.05, 3.63) is 44.7 Å². The lowest BCUT2D eigenvalue weighted by Crippen LogP contribution is -2.46. The number of aryl methyl sites for hydroxylation is 1. The number of pyridine rings is 1. The largest absolute Gasteiger partial charge is 0.355 e. The molecule has 34 heavy (non-hydrogen) atoms. The Morgan fingerprint density at radius 3 is 2.68 bits per heavy atom. The predicted octanol–water partition coefficient (Wildman–Crippen LogP) is 3.35. The van der Waals surface area contributed by atoms with Gasteiger partial charge in [0.2, 0.25) is 0 Å². The molecule has 0 aliphatic carbocycles. The molecule has 10 heteroatoms. The number of hydrogen-bond donors (Lipinski definition) is 0. The number of ether oxygens (including phenoxy) is 2. The van der Waals surface area contributed by atoms with Gasteiger partial charge in [0.05, 0.1) is 23.7 Å². The minimum Gasteiger partial charge on any atom is -0.355 e. The quantitative estimate of drug-likeness (QED) is 0.457. The van der Waals surface area contributed by atoms with Gasteiger partial charge in [0.15, 0.2) is 5.79 Å². The number of thiocarbonyl (C=S) groups is 1. The number of aromatic nitrogens is 2. The summed E-state index contributed by atoms with van der Waals surface area (Å²) in [7, 11) is 0. The fourth-order valence-corrected chi connectivity index (χ4v) is 5.94. The molecule has 5 rings (SSSR count). The van der Waals surface area contributed by atoms with Crippen LogP contribution in [0.4, 0.5) is 5.82 Å². The van der Waals surface area contributed by atoms with E-state index in [2.05, 4.69) is 11.8 Å². The zero-order valence-corrected chi connectivity index (χ0v) is 21.0. The van der Waals surface area contributed by atoms with Crippen LogP contribution in [0, 0.1) is 6.92 Å². The maximum absolute atomic E-state index is 13.7. The standard InChI is InChI=1S/C24H28N4O4S2/c1-3-4-9-28-22(30)18(34-23(28)33)15-17-20(25-19-16(2)6-5-10-27(19)21(17)29)26-11-7-24(8-12-26)31-13-14-32-24/h5-6,10,15H,3-4,7-9,11-14H2,1-2H3. The van der Waals surface area contributed by atoms with E-state index >= 15 is 0 Å². The van der Waals surface area contributed by atoms with Crippen molar-refractivity contribution in [2.75, 3.05) is 37.7 Å². The Labute approximate surface area is 207 Å². The molecule has 0 atom stereocenters. The number of carbonyl (C=O) groups is 1. The second-order valence-corrected chi connectivity index (χ2v) is 10.5. The zero-order valence-electron chi connectivity index (χ0n) is 19.4. The van der Waals surface area contributed by atoms with E-state index in [9.17, 15) is 9.59 Å². The van der Waals surface area contributed by atoms with Crippen LogP contribution in [0.3, 0.4) is 0 Å². The van der Waals surface area contributed by atoms with E-state index < -0.39 is 5.79 Å². The van der Waals surface area contributed by atoms with E-state index in [1.807, 2.05) is 19.1 Å². The van der Waals surface area contributed by atoms with Gasteiger partial charge in [-0.2, -0.15) is 0 Å². The second kappa shape index (κ2) is 9.41. The highest BCUT2D eigenvalue weighted by molar-refractivity contribution is 8.26. The Bertz CT molecular complexity index is 1230. The average Bonchev–Trinajstić information content (AvgIpc) is 3.39. The van der Waals surface area contributed by atoms with E-state index in [1.165, 1.54) is 11.8 Å². The van der Waals surface area contributed by atoms with Crippen molar-refractivity contribution in [1.82, 2.24) is 14.3 Å². The van der Waals surface area contributed by atoms with E-state index in [1.54, 1.807) is 21.6 Å². The van der Waals surface area contributed by atoms with Crippen molar-refractivity contribution in [2.45, 2.75) is 45.3 Å². The number of amides is 1. The molecule has 1 spiro atoms. The molecule has 3 saturated heterocycles. The summed E-state index contributed by atoms with van der Waals surface area (Å²) < 4.78 is 13.8. The smallest absolute Gasteiger partial charge is 0.267 e. The van der Waals surface area contributed by atoms with Crippen molar-refractivity contribution in [3.63, 3.8) is 0 Å². The van der Waals surface area contributed by atoms with Gasteiger partial charge in [-0.1, -0.05) is 43.4 Å². The maximum Gasteiger partial charge on any atom is 0.267 e. The van der Waals surface area contributed by atoms with Crippen LogP contribution in [-0.4, -0.2) is 63.1 Å². The SMILES string of the molecule is CCCCN1C(=O)C(=Cc2c(N3CCC4(CC3)OCCO4)nc3c(C)cccn3c2=O)SC1=S. The molecule has 0 bridgehead atoms. The number of rotatable bonds is 5. The van der Waals surface area contributed by atoms with Gasteiger partial charge in [-0.15, -0.1) is 0 Å². The average molecular weight is 501 g/mol. The van der Waals surface area contributed by atoms with Crippen LogP contribution in [0.1, 0.15) is 43.7 Å². The first-order valence-electron chi connectivity index (χ1n) is 11.7. The van der Waals surface area contributed by atoms with E-state index in [4.69, 9.17) is 26.7 Å². The summed E-state index contributed by atoms with van der Waals surface area (Å²) in [4.78, 5) is 35.9. The van der Waals surface area contributed by atoms with Gasteiger partial charge in [-0.05, 0) is 31.1 Å². The molecule has 0 saturated carbocycles. The Balaban J connectivity index is 1.56. The lowest BCUT2D eigenvalue weighted by molar-refractivity contribution is -0.169. The number of thioether (sulfide) groups is 1. The van der Waals surface area contributed by atoms with Gasteiger partial charge in [-0.25, -0.2) is 4.98 Å². The van der Waals surface area contributed by atoms with Crippen molar-refractivity contribution >= 4 is 51.7 Å². The van der Waals surface area contributed by atoms with E-state index in [-0.39, 0.29) is 11.5 Å². The number of piperidine rings is 1. The summed E-state index contributed by atoms with van der Waals surface area (Å²) in [5.74, 6) is -0.0837. The van der Waals surface area contributed by atoms with Gasteiger partial charge < -0.3 is 14.4 Å². The Morgan fingerprint density at radius 1 is 1.24 bits per heavy atom. The molecule has 0 aromatic carbocycles. The van der Waals surface area contributed by atoms with Crippen LogP contribution in [0.2, 0.25) is 0 Å². The van der Waals surface area contributed by atoms with Gasteiger partial charge in [-0.3, -0.25) is 18.9 Å². The molecule has 1 amide bonds. The number of carbonyl (C=O) groups excluding carboxylic acids is 1. The van der Waals surface area contributed by atoms with Crippen molar-refractivity contribution < 1.29 is 14.3 Å². The molecule has 8 nitrogen and oxygen atoms in total. The Kier molecular flexibility index (Phi) is 6.49. The molecule has 5 heterocycles. The normalized spacial score (nSPS) is 21.5. The summed E-state index contributed by atoms with van der Waals surface area (Å²) in [5, 5.41) is 0. The van der Waals surface area contributed by atoms with Crippen LogP contribution in [0.5, 0.6) is 0 Å². The lowest BCUT2D eigenvalue weighted by Gasteiger charge is -2.38. The number of nitrogens with zero attached hydrogens (tertiary/aromatic N) is 4. The Morgan fingerprint density at radius 2 is 1.97 bits per heavy atom. The highest BCUT2D eigenvalue weighted by Crippen LogP contribution is 2.36. The highest BCUT2D eigenvalue weighted by Gasteiger charge is 2.41. The highest BCUT2D eigenvalue weighted by atomic mass is 32.2. The van der Waals surface area contributed by atoms with Gasteiger partial charge >= 0.3 is 0 Å². The molecular formula is C24H28N4O4S2. The monoisotopic (exact) mass is 500 g/mol. The molecule has 2 aromatic heterocycles. The third-order valence-electron chi connectivity index (χ3n) is 6.59. The van der Waals surface area contributed by atoms with Gasteiger partial charge in [0.1, 0.15) is 15.8 Å². The lowest BCUT2D eigenvalue weighted by atomic mass is 10.0. The van der Waals surface area contributed by atoms with E-state index in [0.717, 1.165) is 18.4 Å². The molecule has 3 fully saturated rings. The predicted molar refractivity (Wildman–Crippen MR) is 137 cm³/mol. The second-order valence-electron chi connectivity index (χ2n) is 8.82. The third-order valence-corrected chi connectivity index (χ3v) is 7.96. The molecule has 0 radical (unpaired) electrons. The molecule has 3 aliphatic heterocycles. The number of unbranched alkanes of at least 4 members (excludes halogenated alkanes) is 1.